The first-order chi connectivity index (χ1) is 16.9. The van der Waals surface area contributed by atoms with Gasteiger partial charge in [0.15, 0.2) is 0 Å². The number of piperidine rings is 1. The van der Waals surface area contributed by atoms with Gasteiger partial charge in [0.25, 0.3) is 5.91 Å². The Kier molecular flexibility index (Phi) is 7.00. The van der Waals surface area contributed by atoms with E-state index in [0.29, 0.717) is 41.8 Å². The fourth-order valence-corrected chi connectivity index (χ4v) is 5.44. The zero-order chi connectivity index (χ0) is 24.5. The minimum absolute atomic E-state index is 0.0178. The minimum atomic E-state index is -0.0815. The number of likely N-dealkylation sites (tertiary alicyclic amines) is 1. The highest BCUT2D eigenvalue weighted by molar-refractivity contribution is 6.42. The number of aryl methyl sites for hydroxylation is 1. The molecule has 0 spiro atoms. The van der Waals surface area contributed by atoms with Gasteiger partial charge in [0.1, 0.15) is 5.82 Å². The summed E-state index contributed by atoms with van der Waals surface area (Å²) in [6.45, 7) is 4.58. The molecule has 2 saturated heterocycles. The third kappa shape index (κ3) is 5.03. The highest BCUT2D eigenvalue weighted by Gasteiger charge is 2.32. The summed E-state index contributed by atoms with van der Waals surface area (Å²) < 4.78 is 2.14. The molecule has 0 bridgehead atoms. The normalized spacial score (nSPS) is 19.3. The molecule has 2 aliphatic heterocycles. The highest BCUT2D eigenvalue weighted by Crippen LogP contribution is 2.25. The second-order valence-electron chi connectivity index (χ2n) is 9.40. The number of amides is 2. The van der Waals surface area contributed by atoms with Gasteiger partial charge in [0, 0.05) is 45.3 Å². The summed E-state index contributed by atoms with van der Waals surface area (Å²) in [6, 6.07) is 13.1. The van der Waals surface area contributed by atoms with Crippen LogP contribution in [-0.4, -0.2) is 75.3 Å². The second kappa shape index (κ2) is 10.2. The van der Waals surface area contributed by atoms with Gasteiger partial charge in [0.05, 0.1) is 33.5 Å². The van der Waals surface area contributed by atoms with Crippen LogP contribution in [0.15, 0.2) is 42.5 Å². The number of rotatable bonds is 4. The number of carbonyl (C=O) groups excluding carboxylic acids is 2. The first kappa shape index (κ1) is 24.1. The molecular formula is C26H29Cl2N5O2. The van der Waals surface area contributed by atoms with Gasteiger partial charge in [-0.25, -0.2) is 4.98 Å². The molecule has 2 amide bonds. The van der Waals surface area contributed by atoms with E-state index in [9.17, 15) is 9.59 Å². The van der Waals surface area contributed by atoms with Crippen molar-refractivity contribution in [1.82, 2.24) is 24.3 Å². The SMILES string of the molecule is Cn1c(CN2CCC[C@H](C(=O)N3CCN(C(=O)c4ccc(Cl)c(Cl)c4)CC3)C2)nc2ccccc21. The van der Waals surface area contributed by atoms with E-state index < -0.39 is 0 Å². The van der Waals surface area contributed by atoms with Crippen molar-refractivity contribution in [3.8, 4) is 0 Å². The van der Waals surface area contributed by atoms with E-state index in [2.05, 4.69) is 22.6 Å². The number of hydrogen-bond donors (Lipinski definition) is 0. The summed E-state index contributed by atoms with van der Waals surface area (Å²) in [5.41, 5.74) is 2.65. The number of fused-ring (bicyclic) bond motifs is 1. The molecule has 9 heteroatoms. The van der Waals surface area contributed by atoms with Gasteiger partial charge in [-0.3, -0.25) is 14.5 Å². The van der Waals surface area contributed by atoms with E-state index in [1.165, 1.54) is 0 Å². The Balaban J connectivity index is 1.17. The molecule has 5 rings (SSSR count). The zero-order valence-corrected chi connectivity index (χ0v) is 21.3. The molecule has 3 heterocycles. The van der Waals surface area contributed by atoms with Crippen LogP contribution in [0.25, 0.3) is 11.0 Å². The predicted octanol–water partition coefficient (Wildman–Crippen LogP) is 4.08. The molecule has 2 aliphatic rings. The Bertz CT molecular complexity index is 1250. The molecule has 35 heavy (non-hydrogen) atoms. The van der Waals surface area contributed by atoms with Gasteiger partial charge in [0.2, 0.25) is 5.91 Å². The van der Waals surface area contributed by atoms with Crippen LogP contribution < -0.4 is 0 Å². The number of benzene rings is 2. The quantitative estimate of drug-likeness (QED) is 0.527. The molecular weight excluding hydrogens is 485 g/mol. The Labute approximate surface area is 215 Å². The maximum atomic E-state index is 13.3. The topological polar surface area (TPSA) is 61.7 Å². The molecule has 0 N–H and O–H groups in total. The molecule has 184 valence electrons. The maximum absolute atomic E-state index is 13.3. The van der Waals surface area contributed by atoms with Crippen LogP contribution in [0.4, 0.5) is 0 Å². The first-order valence-electron chi connectivity index (χ1n) is 12.1. The zero-order valence-electron chi connectivity index (χ0n) is 19.8. The molecule has 0 unspecified atom stereocenters. The molecule has 1 aromatic heterocycles. The third-order valence-corrected chi connectivity index (χ3v) is 7.88. The Morgan fingerprint density at radius 1 is 0.971 bits per heavy atom. The van der Waals surface area contributed by atoms with E-state index in [4.69, 9.17) is 28.2 Å². The van der Waals surface area contributed by atoms with Crippen LogP contribution in [0.5, 0.6) is 0 Å². The lowest BCUT2D eigenvalue weighted by molar-refractivity contribution is -0.139. The van der Waals surface area contributed by atoms with Crippen molar-refractivity contribution in [2.45, 2.75) is 19.4 Å². The van der Waals surface area contributed by atoms with Crippen LogP contribution in [0, 0.1) is 5.92 Å². The van der Waals surface area contributed by atoms with Crippen LogP contribution in [0.2, 0.25) is 10.0 Å². The van der Waals surface area contributed by atoms with Gasteiger partial charge < -0.3 is 14.4 Å². The van der Waals surface area contributed by atoms with Crippen LogP contribution >= 0.6 is 23.2 Å². The second-order valence-corrected chi connectivity index (χ2v) is 10.2. The molecule has 2 aromatic carbocycles. The number of piperazine rings is 1. The summed E-state index contributed by atoms with van der Waals surface area (Å²) in [7, 11) is 2.05. The molecule has 2 fully saturated rings. The molecule has 1 atom stereocenters. The molecule has 7 nitrogen and oxygen atoms in total. The van der Waals surface area contributed by atoms with Crippen molar-refractivity contribution in [3.63, 3.8) is 0 Å². The summed E-state index contributed by atoms with van der Waals surface area (Å²) in [5, 5.41) is 0.795. The van der Waals surface area contributed by atoms with Gasteiger partial charge in [-0.1, -0.05) is 35.3 Å². The number of para-hydroxylation sites is 2. The lowest BCUT2D eigenvalue weighted by atomic mass is 9.96. The van der Waals surface area contributed by atoms with Gasteiger partial charge in [-0.05, 0) is 49.7 Å². The van der Waals surface area contributed by atoms with Crippen molar-refractivity contribution in [2.24, 2.45) is 13.0 Å². The Hall–Kier alpha value is -2.61. The van der Waals surface area contributed by atoms with E-state index in [1.807, 2.05) is 23.1 Å². The van der Waals surface area contributed by atoms with E-state index >= 15 is 0 Å². The smallest absolute Gasteiger partial charge is 0.254 e. The maximum Gasteiger partial charge on any atom is 0.254 e. The number of hydrogen-bond acceptors (Lipinski definition) is 4. The number of halogens is 2. The molecule has 3 aromatic rings. The van der Waals surface area contributed by atoms with Gasteiger partial charge in [-0.15, -0.1) is 0 Å². The average Bonchev–Trinajstić information content (AvgIpc) is 3.20. The van der Waals surface area contributed by atoms with Crippen molar-refractivity contribution in [2.75, 3.05) is 39.3 Å². The van der Waals surface area contributed by atoms with Crippen molar-refractivity contribution >= 4 is 46.0 Å². The van der Waals surface area contributed by atoms with E-state index in [-0.39, 0.29) is 17.7 Å². The fraction of sp³-hybridized carbons (Fsp3) is 0.423. The third-order valence-electron chi connectivity index (χ3n) is 7.14. The Morgan fingerprint density at radius 3 is 2.46 bits per heavy atom. The number of carbonyl (C=O) groups is 2. The van der Waals surface area contributed by atoms with Crippen LogP contribution in [-0.2, 0) is 18.4 Å². The molecule has 0 saturated carbocycles. The first-order valence-corrected chi connectivity index (χ1v) is 12.8. The summed E-state index contributed by atoms with van der Waals surface area (Å²) >= 11 is 12.0. The fourth-order valence-electron chi connectivity index (χ4n) is 5.14. The lowest BCUT2D eigenvalue weighted by Crippen LogP contribution is -2.53. The van der Waals surface area contributed by atoms with Crippen LogP contribution in [0.3, 0.4) is 0 Å². The Morgan fingerprint density at radius 2 is 1.71 bits per heavy atom. The number of imidazole rings is 1. The monoisotopic (exact) mass is 513 g/mol. The van der Waals surface area contributed by atoms with Crippen LogP contribution in [0.1, 0.15) is 29.0 Å². The van der Waals surface area contributed by atoms with Crippen molar-refractivity contribution in [1.29, 1.82) is 0 Å². The average molecular weight is 514 g/mol. The largest absolute Gasteiger partial charge is 0.339 e. The van der Waals surface area contributed by atoms with E-state index in [0.717, 1.165) is 49.3 Å². The predicted molar refractivity (Wildman–Crippen MR) is 138 cm³/mol. The summed E-state index contributed by atoms with van der Waals surface area (Å²) in [4.78, 5) is 37.0. The van der Waals surface area contributed by atoms with Gasteiger partial charge in [-0.2, -0.15) is 0 Å². The summed E-state index contributed by atoms with van der Waals surface area (Å²) in [5.74, 6) is 1.12. The minimum Gasteiger partial charge on any atom is -0.339 e. The number of aromatic nitrogens is 2. The molecule has 0 aliphatic carbocycles. The van der Waals surface area contributed by atoms with Crippen molar-refractivity contribution < 1.29 is 9.59 Å². The molecule has 0 radical (unpaired) electrons. The van der Waals surface area contributed by atoms with Gasteiger partial charge >= 0.3 is 0 Å². The lowest BCUT2D eigenvalue weighted by Gasteiger charge is -2.39. The number of nitrogens with zero attached hydrogens (tertiary/aromatic N) is 5. The summed E-state index contributed by atoms with van der Waals surface area (Å²) in [6.07, 6.45) is 1.90. The van der Waals surface area contributed by atoms with E-state index in [1.54, 1.807) is 23.1 Å². The standard InChI is InChI=1S/C26H29Cl2N5O2/c1-30-23-7-3-2-6-22(23)29-24(30)17-31-10-4-5-19(16-31)26(35)33-13-11-32(12-14-33)25(34)18-8-9-20(27)21(28)15-18/h2-3,6-9,15,19H,4-5,10-14,16-17H2,1H3/t19-/m0/s1. The van der Waals surface area contributed by atoms with Crippen molar-refractivity contribution in [3.05, 3.63) is 63.9 Å². The highest BCUT2D eigenvalue weighted by atomic mass is 35.5.